The molecule has 0 radical (unpaired) electrons. The molecule has 0 spiro atoms. The van der Waals surface area contributed by atoms with Crippen LogP contribution in [0.1, 0.15) is 25.3 Å². The highest BCUT2D eigenvalue weighted by atomic mass is 16.5. The van der Waals surface area contributed by atoms with Crippen LogP contribution in [0.2, 0.25) is 0 Å². The molecule has 2 aromatic rings. The Morgan fingerprint density at radius 1 is 0.696 bits per heavy atom. The second-order valence-corrected chi connectivity index (χ2v) is 5.85. The largest absolute Gasteiger partial charge is 0.493 e. The molecule has 2 heteroatoms. The summed E-state index contributed by atoms with van der Waals surface area (Å²) >= 11 is 0. The summed E-state index contributed by atoms with van der Waals surface area (Å²) in [6, 6.07) is 14.8. The van der Waals surface area contributed by atoms with Gasteiger partial charge in [0.15, 0.2) is 11.5 Å². The van der Waals surface area contributed by atoms with Crippen LogP contribution in [0.25, 0.3) is 16.7 Å². The molecule has 0 saturated heterocycles. The van der Waals surface area contributed by atoms with E-state index < -0.39 is 0 Å². The molecular weight excluding hydrogens is 284 g/mol. The van der Waals surface area contributed by atoms with Crippen LogP contribution in [-0.4, -0.2) is 14.2 Å². The van der Waals surface area contributed by atoms with E-state index in [9.17, 15) is 0 Å². The number of allylic oxidation sites excluding steroid dienone is 4. The predicted molar refractivity (Wildman–Crippen MR) is 96.0 cm³/mol. The fraction of sp³-hybridized carbons (Fsp3) is 0.238. The van der Waals surface area contributed by atoms with Gasteiger partial charge >= 0.3 is 0 Å². The standard InChI is InChI=1S/C21H22O2/c1-15-4-6-16(7-5-15)17-8-10-18(11-9-17)19-12-13-20(22-2)21(14-19)23-3/h4,6,8-14H,5,7H2,1-3H3. The van der Waals surface area contributed by atoms with E-state index in [1.54, 1.807) is 14.2 Å². The zero-order valence-electron chi connectivity index (χ0n) is 13.9. The monoisotopic (exact) mass is 306 g/mol. The molecule has 0 fully saturated rings. The first-order valence-electron chi connectivity index (χ1n) is 7.90. The van der Waals surface area contributed by atoms with Gasteiger partial charge in [0.2, 0.25) is 0 Å². The number of hydrogen-bond acceptors (Lipinski definition) is 2. The van der Waals surface area contributed by atoms with Crippen molar-refractivity contribution >= 4 is 5.57 Å². The van der Waals surface area contributed by atoms with Gasteiger partial charge in [-0.2, -0.15) is 0 Å². The fourth-order valence-corrected chi connectivity index (χ4v) is 2.87. The van der Waals surface area contributed by atoms with Crippen molar-refractivity contribution in [2.45, 2.75) is 19.8 Å². The summed E-state index contributed by atoms with van der Waals surface area (Å²) in [5, 5.41) is 0. The van der Waals surface area contributed by atoms with Crippen molar-refractivity contribution in [3.05, 3.63) is 65.8 Å². The zero-order chi connectivity index (χ0) is 16.2. The van der Waals surface area contributed by atoms with Crippen LogP contribution in [-0.2, 0) is 0 Å². The SMILES string of the molecule is COc1ccc(-c2ccc(C3=CC=C(C)CC3)cc2)cc1OC. The second kappa shape index (κ2) is 6.74. The molecule has 1 aliphatic carbocycles. The summed E-state index contributed by atoms with van der Waals surface area (Å²) in [5.74, 6) is 1.51. The third kappa shape index (κ3) is 3.31. The molecule has 2 aromatic carbocycles. The van der Waals surface area contributed by atoms with Gasteiger partial charge in [-0.1, -0.05) is 48.1 Å². The highest BCUT2D eigenvalue weighted by Gasteiger charge is 2.08. The maximum absolute atomic E-state index is 5.39. The zero-order valence-corrected chi connectivity index (χ0v) is 13.9. The Kier molecular flexibility index (Phi) is 4.52. The topological polar surface area (TPSA) is 18.5 Å². The van der Waals surface area contributed by atoms with E-state index in [0.717, 1.165) is 29.9 Å². The maximum Gasteiger partial charge on any atom is 0.161 e. The average molecular weight is 306 g/mol. The Bertz CT molecular complexity index is 752. The van der Waals surface area contributed by atoms with Crippen LogP contribution < -0.4 is 9.47 Å². The molecule has 3 rings (SSSR count). The molecule has 0 aromatic heterocycles. The maximum atomic E-state index is 5.39. The molecule has 0 atom stereocenters. The minimum absolute atomic E-state index is 0.752. The Labute approximate surface area is 138 Å². The summed E-state index contributed by atoms with van der Waals surface area (Å²) in [4.78, 5) is 0. The van der Waals surface area contributed by atoms with Gasteiger partial charge in [0.25, 0.3) is 0 Å². The number of ether oxygens (including phenoxy) is 2. The molecule has 0 amide bonds. The third-order valence-corrected chi connectivity index (χ3v) is 4.33. The molecule has 0 aliphatic heterocycles. The van der Waals surface area contributed by atoms with Crippen LogP contribution >= 0.6 is 0 Å². The molecule has 1 aliphatic rings. The van der Waals surface area contributed by atoms with Crippen LogP contribution in [0.3, 0.4) is 0 Å². The van der Waals surface area contributed by atoms with E-state index in [-0.39, 0.29) is 0 Å². The van der Waals surface area contributed by atoms with Gasteiger partial charge in [-0.3, -0.25) is 0 Å². The van der Waals surface area contributed by atoms with Crippen molar-refractivity contribution in [1.29, 1.82) is 0 Å². The Morgan fingerprint density at radius 2 is 1.35 bits per heavy atom. The molecule has 0 heterocycles. The summed E-state index contributed by atoms with van der Waals surface area (Å²) in [6.45, 7) is 2.19. The van der Waals surface area contributed by atoms with E-state index in [1.165, 1.54) is 22.3 Å². The summed E-state index contributed by atoms with van der Waals surface area (Å²) < 4.78 is 10.7. The highest BCUT2D eigenvalue weighted by molar-refractivity contribution is 5.73. The molecule has 0 unspecified atom stereocenters. The number of hydrogen-bond donors (Lipinski definition) is 0. The molecular formula is C21H22O2. The van der Waals surface area contributed by atoms with Gasteiger partial charge in [0.1, 0.15) is 0 Å². The van der Waals surface area contributed by atoms with Crippen molar-refractivity contribution < 1.29 is 9.47 Å². The lowest BCUT2D eigenvalue weighted by molar-refractivity contribution is 0.355. The molecule has 118 valence electrons. The van der Waals surface area contributed by atoms with Crippen LogP contribution in [0.4, 0.5) is 0 Å². The van der Waals surface area contributed by atoms with Gasteiger partial charge in [-0.15, -0.1) is 0 Å². The van der Waals surface area contributed by atoms with E-state index in [1.807, 2.05) is 12.1 Å². The first kappa shape index (κ1) is 15.4. The lowest BCUT2D eigenvalue weighted by atomic mass is 9.93. The van der Waals surface area contributed by atoms with Crippen molar-refractivity contribution in [3.63, 3.8) is 0 Å². The van der Waals surface area contributed by atoms with Gasteiger partial charge in [-0.05, 0) is 54.2 Å². The van der Waals surface area contributed by atoms with Crippen molar-refractivity contribution in [2.24, 2.45) is 0 Å². The van der Waals surface area contributed by atoms with E-state index >= 15 is 0 Å². The molecule has 0 saturated carbocycles. The Balaban J connectivity index is 1.88. The Hall–Kier alpha value is -2.48. The molecule has 0 N–H and O–H groups in total. The van der Waals surface area contributed by atoms with Crippen molar-refractivity contribution in [3.8, 4) is 22.6 Å². The number of methoxy groups -OCH3 is 2. The third-order valence-electron chi connectivity index (χ3n) is 4.33. The first-order chi connectivity index (χ1) is 11.2. The van der Waals surface area contributed by atoms with Gasteiger partial charge in [-0.25, -0.2) is 0 Å². The predicted octanol–water partition coefficient (Wildman–Crippen LogP) is 5.49. The van der Waals surface area contributed by atoms with E-state index in [2.05, 4.69) is 49.4 Å². The van der Waals surface area contributed by atoms with Crippen LogP contribution in [0.5, 0.6) is 11.5 Å². The number of rotatable bonds is 4. The van der Waals surface area contributed by atoms with E-state index in [4.69, 9.17) is 9.47 Å². The second-order valence-electron chi connectivity index (χ2n) is 5.85. The Morgan fingerprint density at radius 3 is 1.96 bits per heavy atom. The quantitative estimate of drug-likeness (QED) is 0.743. The average Bonchev–Trinajstić information content (AvgIpc) is 2.62. The van der Waals surface area contributed by atoms with Crippen LogP contribution in [0, 0.1) is 0 Å². The van der Waals surface area contributed by atoms with Gasteiger partial charge in [0.05, 0.1) is 14.2 Å². The first-order valence-corrected chi connectivity index (χ1v) is 7.90. The molecule has 2 nitrogen and oxygen atoms in total. The van der Waals surface area contributed by atoms with E-state index in [0.29, 0.717) is 0 Å². The van der Waals surface area contributed by atoms with Crippen LogP contribution in [0.15, 0.2) is 60.2 Å². The lowest BCUT2D eigenvalue weighted by Gasteiger charge is -2.13. The molecule has 0 bridgehead atoms. The smallest absolute Gasteiger partial charge is 0.161 e. The minimum Gasteiger partial charge on any atom is -0.493 e. The molecule has 23 heavy (non-hydrogen) atoms. The summed E-state index contributed by atoms with van der Waals surface area (Å²) in [5.41, 5.74) is 6.48. The lowest BCUT2D eigenvalue weighted by Crippen LogP contribution is -1.92. The summed E-state index contributed by atoms with van der Waals surface area (Å²) in [7, 11) is 3.32. The summed E-state index contributed by atoms with van der Waals surface area (Å²) in [6.07, 6.45) is 6.74. The normalized spacial score (nSPS) is 14.0. The van der Waals surface area contributed by atoms with Crippen molar-refractivity contribution in [1.82, 2.24) is 0 Å². The highest BCUT2D eigenvalue weighted by Crippen LogP contribution is 2.33. The van der Waals surface area contributed by atoms with Gasteiger partial charge < -0.3 is 9.47 Å². The fourth-order valence-electron chi connectivity index (χ4n) is 2.87. The van der Waals surface area contributed by atoms with Gasteiger partial charge in [0, 0.05) is 0 Å². The minimum atomic E-state index is 0.752. The number of benzene rings is 2. The van der Waals surface area contributed by atoms with Crippen molar-refractivity contribution in [2.75, 3.05) is 14.2 Å².